The Balaban J connectivity index is 1.91. The molecule has 0 radical (unpaired) electrons. The van der Waals surface area contributed by atoms with Crippen LogP contribution in [0.1, 0.15) is 49.1 Å². The van der Waals surface area contributed by atoms with Crippen LogP contribution in [-0.4, -0.2) is 30.8 Å². The molecule has 0 saturated heterocycles. The highest BCUT2D eigenvalue weighted by Gasteiger charge is 2.37. The number of nitrogens with zero attached hydrogens (tertiary/aromatic N) is 1. The Morgan fingerprint density at radius 2 is 1.78 bits per heavy atom. The van der Waals surface area contributed by atoms with Gasteiger partial charge < -0.3 is 11.1 Å². The van der Waals surface area contributed by atoms with Gasteiger partial charge in [-0.3, -0.25) is 14.4 Å². The van der Waals surface area contributed by atoms with E-state index in [9.17, 15) is 14.4 Å². The second-order valence-electron chi connectivity index (χ2n) is 7.05. The van der Waals surface area contributed by atoms with Crippen LogP contribution in [0.2, 0.25) is 0 Å². The lowest BCUT2D eigenvalue weighted by molar-refractivity contribution is 0.0923. The number of nitrogens with one attached hydrogen (secondary N) is 1. The molecule has 0 spiro atoms. The summed E-state index contributed by atoms with van der Waals surface area (Å²) in [5.74, 6) is -0.906. The molecule has 6 heteroatoms. The highest BCUT2D eigenvalue weighted by Crippen LogP contribution is 2.31. The molecule has 0 saturated carbocycles. The zero-order chi connectivity index (χ0) is 19.7. The summed E-state index contributed by atoms with van der Waals surface area (Å²) >= 11 is 0. The molecule has 3 N–H and O–H groups in total. The van der Waals surface area contributed by atoms with Crippen molar-refractivity contribution >= 4 is 23.4 Å². The molecule has 6 nitrogen and oxygen atoms in total. The van der Waals surface area contributed by atoms with Gasteiger partial charge in [0.2, 0.25) is 0 Å². The number of fused-ring (bicyclic) bond motifs is 1. The molecule has 0 fully saturated rings. The molecule has 1 heterocycles. The molecule has 1 atom stereocenters. The van der Waals surface area contributed by atoms with E-state index in [1.54, 1.807) is 12.1 Å². The number of amides is 3. The van der Waals surface area contributed by atoms with E-state index in [0.717, 1.165) is 11.1 Å². The van der Waals surface area contributed by atoms with Gasteiger partial charge in [-0.2, -0.15) is 0 Å². The number of imide groups is 1. The predicted molar refractivity (Wildman–Crippen MR) is 104 cm³/mol. The van der Waals surface area contributed by atoms with Gasteiger partial charge in [-0.25, -0.2) is 4.90 Å². The van der Waals surface area contributed by atoms with Gasteiger partial charge in [0.1, 0.15) is 0 Å². The quantitative estimate of drug-likeness (QED) is 0.796. The van der Waals surface area contributed by atoms with Gasteiger partial charge in [0.15, 0.2) is 0 Å². The Kier molecular flexibility index (Phi) is 5.10. The van der Waals surface area contributed by atoms with Gasteiger partial charge in [-0.05, 0) is 61.7 Å². The number of benzene rings is 2. The monoisotopic (exact) mass is 365 g/mol. The summed E-state index contributed by atoms with van der Waals surface area (Å²) in [4.78, 5) is 39.2. The van der Waals surface area contributed by atoms with Gasteiger partial charge in [0.05, 0.1) is 16.8 Å². The maximum atomic E-state index is 12.9. The molecule has 0 aliphatic carbocycles. The number of aryl methyl sites for hydroxylation is 2. The summed E-state index contributed by atoms with van der Waals surface area (Å²) in [5.41, 5.74) is 8.84. The third kappa shape index (κ3) is 3.48. The summed E-state index contributed by atoms with van der Waals surface area (Å²) < 4.78 is 0. The fraction of sp³-hybridized carbons (Fsp3) is 0.286. The average molecular weight is 365 g/mol. The number of hydrogen-bond acceptors (Lipinski definition) is 4. The lowest BCUT2D eigenvalue weighted by atomic mass is 10.0. The smallest absolute Gasteiger partial charge is 0.266 e. The first-order valence-corrected chi connectivity index (χ1v) is 8.91. The maximum absolute atomic E-state index is 12.9. The lowest BCUT2D eigenvalue weighted by Crippen LogP contribution is -2.31. The largest absolute Gasteiger partial charge is 0.352 e. The van der Waals surface area contributed by atoms with Gasteiger partial charge in [0, 0.05) is 12.1 Å². The SMILES string of the molecule is Cc1ccc(C)c(N2C(=O)c3ccc(C(=O)NCC(C)CN)cc3C2=O)c1. The molecule has 2 aromatic carbocycles. The number of carbonyl (C=O) groups is 3. The summed E-state index contributed by atoms with van der Waals surface area (Å²) in [5, 5.41) is 2.80. The van der Waals surface area contributed by atoms with E-state index in [4.69, 9.17) is 5.73 Å². The normalized spacial score (nSPS) is 14.3. The van der Waals surface area contributed by atoms with E-state index >= 15 is 0 Å². The van der Waals surface area contributed by atoms with E-state index in [1.807, 2.05) is 39.0 Å². The van der Waals surface area contributed by atoms with Crippen LogP contribution < -0.4 is 16.0 Å². The Morgan fingerprint density at radius 3 is 2.48 bits per heavy atom. The van der Waals surface area contributed by atoms with E-state index in [1.165, 1.54) is 11.0 Å². The Morgan fingerprint density at radius 1 is 1.07 bits per heavy atom. The second kappa shape index (κ2) is 7.32. The van der Waals surface area contributed by atoms with Crippen molar-refractivity contribution in [3.8, 4) is 0 Å². The third-order valence-corrected chi connectivity index (χ3v) is 4.77. The molecule has 2 aromatic rings. The van der Waals surface area contributed by atoms with Crippen molar-refractivity contribution in [1.29, 1.82) is 0 Å². The number of hydrogen-bond donors (Lipinski definition) is 2. The van der Waals surface area contributed by atoms with Gasteiger partial charge in [-0.15, -0.1) is 0 Å². The molecule has 3 amide bonds. The van der Waals surface area contributed by atoms with Crippen molar-refractivity contribution in [1.82, 2.24) is 5.32 Å². The molecular weight excluding hydrogens is 342 g/mol. The van der Waals surface area contributed by atoms with E-state index < -0.39 is 5.91 Å². The standard InChI is InChI=1S/C21H23N3O3/c1-12-4-5-14(3)18(8-12)24-20(26)16-7-6-15(9-17(16)21(24)27)19(25)23-11-13(2)10-22/h4-9,13H,10-11,22H2,1-3H3,(H,23,25). The Labute approximate surface area is 158 Å². The van der Waals surface area contributed by atoms with Crippen LogP contribution in [0.25, 0.3) is 0 Å². The van der Waals surface area contributed by atoms with Crippen LogP contribution in [0.4, 0.5) is 5.69 Å². The second-order valence-corrected chi connectivity index (χ2v) is 7.05. The summed E-state index contributed by atoms with van der Waals surface area (Å²) in [7, 11) is 0. The van der Waals surface area contributed by atoms with Crippen LogP contribution in [-0.2, 0) is 0 Å². The summed E-state index contributed by atoms with van der Waals surface area (Å²) in [6, 6.07) is 10.2. The number of carbonyl (C=O) groups excluding carboxylic acids is 3. The minimum absolute atomic E-state index is 0.159. The minimum Gasteiger partial charge on any atom is -0.352 e. The maximum Gasteiger partial charge on any atom is 0.266 e. The third-order valence-electron chi connectivity index (χ3n) is 4.77. The molecular formula is C21H23N3O3. The minimum atomic E-state index is -0.409. The lowest BCUT2D eigenvalue weighted by Gasteiger charge is -2.17. The Hall–Kier alpha value is -2.99. The molecule has 1 unspecified atom stereocenters. The number of anilines is 1. The van der Waals surface area contributed by atoms with Crippen molar-refractivity contribution in [2.75, 3.05) is 18.0 Å². The molecule has 1 aliphatic rings. The van der Waals surface area contributed by atoms with Crippen molar-refractivity contribution in [2.45, 2.75) is 20.8 Å². The van der Waals surface area contributed by atoms with E-state index in [-0.39, 0.29) is 23.3 Å². The molecule has 0 aromatic heterocycles. The zero-order valence-corrected chi connectivity index (χ0v) is 15.7. The van der Waals surface area contributed by atoms with Crippen molar-refractivity contribution in [3.63, 3.8) is 0 Å². The average Bonchev–Trinajstić information content (AvgIpc) is 2.91. The first-order valence-electron chi connectivity index (χ1n) is 8.91. The topological polar surface area (TPSA) is 92.5 Å². The number of rotatable bonds is 5. The first-order chi connectivity index (χ1) is 12.8. The molecule has 140 valence electrons. The van der Waals surface area contributed by atoms with Crippen LogP contribution in [0.15, 0.2) is 36.4 Å². The van der Waals surface area contributed by atoms with Gasteiger partial charge in [-0.1, -0.05) is 19.1 Å². The predicted octanol–water partition coefficient (Wildman–Crippen LogP) is 2.43. The van der Waals surface area contributed by atoms with E-state index in [0.29, 0.717) is 29.9 Å². The van der Waals surface area contributed by atoms with E-state index in [2.05, 4.69) is 5.32 Å². The number of nitrogens with two attached hydrogens (primary N) is 1. The molecule has 27 heavy (non-hydrogen) atoms. The summed E-state index contributed by atoms with van der Waals surface area (Å²) in [6.45, 7) is 6.63. The molecule has 1 aliphatic heterocycles. The van der Waals surface area contributed by atoms with Crippen LogP contribution in [0.3, 0.4) is 0 Å². The van der Waals surface area contributed by atoms with Crippen molar-refractivity contribution < 1.29 is 14.4 Å². The van der Waals surface area contributed by atoms with Crippen LogP contribution in [0.5, 0.6) is 0 Å². The zero-order valence-electron chi connectivity index (χ0n) is 15.7. The Bertz CT molecular complexity index is 936. The van der Waals surface area contributed by atoms with Crippen molar-refractivity contribution in [3.05, 3.63) is 64.2 Å². The highest BCUT2D eigenvalue weighted by molar-refractivity contribution is 6.35. The molecule has 3 rings (SSSR count). The van der Waals surface area contributed by atoms with Gasteiger partial charge >= 0.3 is 0 Å². The fourth-order valence-electron chi connectivity index (χ4n) is 3.01. The molecule has 0 bridgehead atoms. The fourth-order valence-corrected chi connectivity index (χ4v) is 3.01. The van der Waals surface area contributed by atoms with Crippen LogP contribution in [0, 0.1) is 19.8 Å². The first kappa shape index (κ1) is 18.8. The van der Waals surface area contributed by atoms with Crippen LogP contribution >= 0.6 is 0 Å². The highest BCUT2D eigenvalue weighted by atomic mass is 16.2. The van der Waals surface area contributed by atoms with Gasteiger partial charge in [0.25, 0.3) is 17.7 Å². The summed E-state index contributed by atoms with van der Waals surface area (Å²) in [6.07, 6.45) is 0. The van der Waals surface area contributed by atoms with Crippen molar-refractivity contribution in [2.24, 2.45) is 11.7 Å².